The molecule has 3 amide bonds. The van der Waals surface area contributed by atoms with Crippen LogP contribution in [0.4, 0.5) is 11.4 Å². The molecule has 8 nitrogen and oxygen atoms in total. The Morgan fingerprint density at radius 3 is 2.28 bits per heavy atom. The summed E-state index contributed by atoms with van der Waals surface area (Å²) in [4.78, 5) is 36.8. The quantitative estimate of drug-likeness (QED) is 0.245. The molecule has 3 rings (SSSR count). The largest absolute Gasteiger partial charge is 0.483 e. The van der Waals surface area contributed by atoms with Crippen LogP contribution in [0.15, 0.2) is 59.7 Å². The van der Waals surface area contributed by atoms with Gasteiger partial charge in [-0.1, -0.05) is 35.9 Å². The van der Waals surface area contributed by atoms with E-state index in [0.717, 1.165) is 22.3 Å². The molecule has 3 aromatic carbocycles. The van der Waals surface area contributed by atoms with Crippen LogP contribution in [0, 0.1) is 27.7 Å². The smallest absolute Gasteiger partial charge is 0.329 e. The highest BCUT2D eigenvalue weighted by atomic mass is 35.5. The SMILES string of the molecule is Cc1ccc(NC(=O)COc2ccc(Cl)cc2/C=N\NC(=O)C(=O)Nc2c(C)cccc2C)cc1C. The van der Waals surface area contributed by atoms with Crippen molar-refractivity contribution in [1.82, 2.24) is 5.43 Å². The Balaban J connectivity index is 1.60. The summed E-state index contributed by atoms with van der Waals surface area (Å²) in [6, 6.07) is 15.9. The highest BCUT2D eigenvalue weighted by Gasteiger charge is 2.15. The van der Waals surface area contributed by atoms with Crippen molar-refractivity contribution in [1.29, 1.82) is 0 Å². The van der Waals surface area contributed by atoms with Gasteiger partial charge in [0, 0.05) is 22.0 Å². The van der Waals surface area contributed by atoms with Gasteiger partial charge in [0.1, 0.15) is 5.75 Å². The fourth-order valence-electron chi connectivity index (χ4n) is 3.30. The first-order valence-electron chi connectivity index (χ1n) is 11.1. The van der Waals surface area contributed by atoms with Crippen molar-refractivity contribution >= 4 is 46.9 Å². The second-order valence-corrected chi connectivity index (χ2v) is 8.67. The lowest BCUT2D eigenvalue weighted by Gasteiger charge is -2.11. The van der Waals surface area contributed by atoms with E-state index in [2.05, 4.69) is 21.2 Å². The zero-order valence-electron chi connectivity index (χ0n) is 20.4. The van der Waals surface area contributed by atoms with Gasteiger partial charge in [-0.15, -0.1) is 0 Å². The van der Waals surface area contributed by atoms with Gasteiger partial charge in [-0.2, -0.15) is 5.10 Å². The Bertz CT molecular complexity index is 1320. The van der Waals surface area contributed by atoms with Gasteiger partial charge in [-0.25, -0.2) is 5.43 Å². The number of nitrogens with one attached hydrogen (secondary N) is 3. The van der Waals surface area contributed by atoms with Crippen LogP contribution >= 0.6 is 11.6 Å². The summed E-state index contributed by atoms with van der Waals surface area (Å²) in [6.45, 7) is 7.38. The third-order valence-electron chi connectivity index (χ3n) is 5.42. The first-order valence-corrected chi connectivity index (χ1v) is 11.5. The number of hydrazone groups is 1. The second kappa shape index (κ2) is 12.0. The molecule has 186 valence electrons. The van der Waals surface area contributed by atoms with Crippen molar-refractivity contribution < 1.29 is 19.1 Å². The Morgan fingerprint density at radius 2 is 1.58 bits per heavy atom. The summed E-state index contributed by atoms with van der Waals surface area (Å²) in [6.07, 6.45) is 1.28. The molecule has 3 aromatic rings. The van der Waals surface area contributed by atoms with Crippen LogP contribution in [0.25, 0.3) is 0 Å². The molecular weight excluding hydrogens is 480 g/mol. The fraction of sp³-hybridized carbons (Fsp3) is 0.185. The van der Waals surface area contributed by atoms with Crippen molar-refractivity contribution in [3.05, 3.63) is 87.4 Å². The number of halogens is 1. The Labute approximate surface area is 214 Å². The molecule has 0 atom stereocenters. The van der Waals surface area contributed by atoms with E-state index in [1.165, 1.54) is 6.21 Å². The predicted molar refractivity (Wildman–Crippen MR) is 142 cm³/mol. The maximum Gasteiger partial charge on any atom is 0.329 e. The van der Waals surface area contributed by atoms with Gasteiger partial charge in [0.05, 0.1) is 6.21 Å². The predicted octanol–water partition coefficient (Wildman–Crippen LogP) is 4.68. The lowest BCUT2D eigenvalue weighted by Crippen LogP contribution is -2.32. The molecule has 0 aromatic heterocycles. The van der Waals surface area contributed by atoms with Crippen molar-refractivity contribution in [2.24, 2.45) is 5.10 Å². The summed E-state index contributed by atoms with van der Waals surface area (Å²) in [7, 11) is 0. The average Bonchev–Trinajstić information content (AvgIpc) is 2.83. The van der Waals surface area contributed by atoms with Crippen molar-refractivity contribution in [3.63, 3.8) is 0 Å². The lowest BCUT2D eigenvalue weighted by atomic mass is 10.1. The number of anilines is 2. The Morgan fingerprint density at radius 1 is 0.861 bits per heavy atom. The van der Waals surface area contributed by atoms with Gasteiger partial charge in [-0.3, -0.25) is 14.4 Å². The summed E-state index contributed by atoms with van der Waals surface area (Å²) in [5, 5.41) is 9.62. The number of nitrogens with zero attached hydrogens (tertiary/aromatic N) is 1. The molecule has 0 aliphatic rings. The van der Waals surface area contributed by atoms with Crippen LogP contribution in [-0.2, 0) is 14.4 Å². The van der Waals surface area contributed by atoms with Gasteiger partial charge in [0.25, 0.3) is 5.91 Å². The number of benzene rings is 3. The summed E-state index contributed by atoms with van der Waals surface area (Å²) in [5.74, 6) is -1.80. The first kappa shape index (κ1) is 26.4. The first-order chi connectivity index (χ1) is 17.1. The number of carbonyl (C=O) groups excluding carboxylic acids is 3. The summed E-state index contributed by atoms with van der Waals surface area (Å²) in [5.41, 5.74) is 7.71. The second-order valence-electron chi connectivity index (χ2n) is 8.24. The topological polar surface area (TPSA) is 109 Å². The minimum atomic E-state index is -0.939. The van der Waals surface area contributed by atoms with Crippen LogP contribution in [0.2, 0.25) is 5.02 Å². The molecule has 0 saturated heterocycles. The van der Waals surface area contributed by atoms with E-state index < -0.39 is 11.8 Å². The number of aryl methyl sites for hydroxylation is 4. The van der Waals surface area contributed by atoms with Gasteiger partial charge >= 0.3 is 11.8 Å². The Hall–Kier alpha value is -4.17. The monoisotopic (exact) mass is 506 g/mol. The number of amides is 3. The molecule has 0 bridgehead atoms. The normalized spacial score (nSPS) is 10.7. The maximum absolute atomic E-state index is 12.3. The van der Waals surface area contributed by atoms with Gasteiger partial charge < -0.3 is 15.4 Å². The number of carbonyl (C=O) groups is 3. The molecule has 0 unspecified atom stereocenters. The molecule has 9 heteroatoms. The zero-order chi connectivity index (χ0) is 26.2. The number of para-hydroxylation sites is 1. The van der Waals surface area contributed by atoms with E-state index in [1.54, 1.807) is 18.2 Å². The third-order valence-corrected chi connectivity index (χ3v) is 5.65. The molecule has 36 heavy (non-hydrogen) atoms. The van der Waals surface area contributed by atoms with E-state index in [0.29, 0.717) is 27.7 Å². The summed E-state index contributed by atoms with van der Waals surface area (Å²) >= 11 is 6.08. The standard InChI is InChI=1S/C27H27ClN4O4/c1-16-8-10-22(12-19(16)4)30-24(33)15-36-23-11-9-21(28)13-20(23)14-29-32-27(35)26(34)31-25-17(2)6-5-7-18(25)3/h5-14H,15H2,1-4H3,(H,30,33)(H,31,34)(H,32,35)/b29-14-. The van der Waals surface area contributed by atoms with E-state index in [9.17, 15) is 14.4 Å². The van der Waals surface area contributed by atoms with Crippen LogP contribution in [-0.4, -0.2) is 30.5 Å². The van der Waals surface area contributed by atoms with E-state index in [-0.39, 0.29) is 12.5 Å². The van der Waals surface area contributed by atoms with Crippen molar-refractivity contribution in [2.75, 3.05) is 17.2 Å². The number of hydrogen-bond donors (Lipinski definition) is 3. The molecular formula is C27H27ClN4O4. The van der Waals surface area contributed by atoms with Crippen molar-refractivity contribution in [2.45, 2.75) is 27.7 Å². The molecule has 0 saturated carbocycles. The number of hydrogen-bond acceptors (Lipinski definition) is 5. The third kappa shape index (κ3) is 7.16. The maximum atomic E-state index is 12.3. The minimum Gasteiger partial charge on any atom is -0.483 e. The van der Waals surface area contributed by atoms with Crippen molar-refractivity contribution in [3.8, 4) is 5.75 Å². The van der Waals surface area contributed by atoms with Gasteiger partial charge in [0.15, 0.2) is 6.61 Å². The number of rotatable bonds is 7. The van der Waals surface area contributed by atoms with Gasteiger partial charge in [-0.05, 0) is 80.3 Å². The molecule has 0 fully saturated rings. The average molecular weight is 507 g/mol. The molecule has 0 heterocycles. The van der Waals surface area contributed by atoms with Gasteiger partial charge in [0.2, 0.25) is 0 Å². The highest BCUT2D eigenvalue weighted by molar-refractivity contribution is 6.39. The number of ether oxygens (including phenoxy) is 1. The molecule has 0 aliphatic heterocycles. The lowest BCUT2D eigenvalue weighted by molar-refractivity contribution is -0.136. The van der Waals surface area contributed by atoms with E-state index >= 15 is 0 Å². The molecule has 0 radical (unpaired) electrons. The minimum absolute atomic E-state index is 0.250. The van der Waals surface area contributed by atoms with Crippen LogP contribution < -0.4 is 20.8 Å². The highest BCUT2D eigenvalue weighted by Crippen LogP contribution is 2.22. The summed E-state index contributed by atoms with van der Waals surface area (Å²) < 4.78 is 5.64. The fourth-order valence-corrected chi connectivity index (χ4v) is 3.48. The van der Waals surface area contributed by atoms with Crippen LogP contribution in [0.1, 0.15) is 27.8 Å². The molecule has 3 N–H and O–H groups in total. The van der Waals surface area contributed by atoms with Crippen LogP contribution in [0.5, 0.6) is 5.75 Å². The zero-order valence-corrected chi connectivity index (χ0v) is 21.2. The van der Waals surface area contributed by atoms with Crippen LogP contribution in [0.3, 0.4) is 0 Å². The van der Waals surface area contributed by atoms with E-state index in [1.807, 2.05) is 64.1 Å². The Kier molecular flexibility index (Phi) is 8.81. The molecule has 0 spiro atoms. The molecule has 0 aliphatic carbocycles. The van der Waals surface area contributed by atoms with E-state index in [4.69, 9.17) is 16.3 Å².